The molecule has 3 amide bonds. The van der Waals surface area contributed by atoms with E-state index in [0.29, 0.717) is 0 Å². The Kier molecular flexibility index (Phi) is 6.30. The second-order valence-corrected chi connectivity index (χ2v) is 3.24. The highest BCUT2D eigenvalue weighted by Crippen LogP contribution is 1.92. The Morgan fingerprint density at radius 2 is 1.82 bits per heavy atom. The number of aliphatic carboxylic acids is 1. The van der Waals surface area contributed by atoms with Crippen molar-refractivity contribution < 1.29 is 24.3 Å². The van der Waals surface area contributed by atoms with Crippen LogP contribution in [0, 0.1) is 0 Å². The van der Waals surface area contributed by atoms with Crippen LogP contribution in [0.25, 0.3) is 0 Å². The molecule has 0 aromatic heterocycles. The molecular formula is C9H15N3O5. The lowest BCUT2D eigenvalue weighted by molar-refractivity contribution is -0.140. The van der Waals surface area contributed by atoms with Gasteiger partial charge in [0.15, 0.2) is 0 Å². The van der Waals surface area contributed by atoms with Crippen molar-refractivity contribution in [3.63, 3.8) is 0 Å². The zero-order valence-electron chi connectivity index (χ0n) is 9.57. The van der Waals surface area contributed by atoms with Crippen LogP contribution < -0.4 is 16.0 Å². The molecule has 0 aliphatic heterocycles. The minimum Gasteiger partial charge on any atom is -0.481 e. The van der Waals surface area contributed by atoms with Gasteiger partial charge in [-0.1, -0.05) is 0 Å². The van der Waals surface area contributed by atoms with Gasteiger partial charge in [0.1, 0.15) is 6.04 Å². The second kappa shape index (κ2) is 7.20. The van der Waals surface area contributed by atoms with Crippen LogP contribution in [0.15, 0.2) is 0 Å². The van der Waals surface area contributed by atoms with E-state index in [4.69, 9.17) is 5.11 Å². The van der Waals surface area contributed by atoms with Crippen molar-refractivity contribution in [1.82, 2.24) is 16.0 Å². The molecule has 0 aliphatic carbocycles. The number of hydrogen-bond donors (Lipinski definition) is 4. The van der Waals surface area contributed by atoms with Crippen LogP contribution in [0.2, 0.25) is 0 Å². The van der Waals surface area contributed by atoms with Crippen LogP contribution in [0.3, 0.4) is 0 Å². The summed E-state index contributed by atoms with van der Waals surface area (Å²) in [6.45, 7) is 0.895. The van der Waals surface area contributed by atoms with Crippen molar-refractivity contribution in [1.29, 1.82) is 0 Å². The maximum absolute atomic E-state index is 11.5. The smallest absolute Gasteiger partial charge is 0.305 e. The van der Waals surface area contributed by atoms with E-state index in [1.165, 1.54) is 14.0 Å². The fourth-order valence-corrected chi connectivity index (χ4v) is 1.01. The van der Waals surface area contributed by atoms with Crippen LogP contribution in [0.1, 0.15) is 13.3 Å². The topological polar surface area (TPSA) is 125 Å². The molecule has 0 aliphatic rings. The Balaban J connectivity index is 4.36. The van der Waals surface area contributed by atoms with Gasteiger partial charge in [0.05, 0.1) is 13.0 Å². The van der Waals surface area contributed by atoms with Gasteiger partial charge in [0.2, 0.25) is 17.7 Å². The molecular weight excluding hydrogens is 230 g/mol. The summed E-state index contributed by atoms with van der Waals surface area (Å²) in [6.07, 6.45) is -0.543. The second-order valence-electron chi connectivity index (χ2n) is 3.24. The van der Waals surface area contributed by atoms with E-state index in [-0.39, 0.29) is 6.54 Å². The van der Waals surface area contributed by atoms with E-state index in [9.17, 15) is 19.2 Å². The van der Waals surface area contributed by atoms with Gasteiger partial charge in [-0.2, -0.15) is 0 Å². The lowest BCUT2D eigenvalue weighted by atomic mass is 10.2. The normalized spacial score (nSPS) is 11.2. The first-order valence-electron chi connectivity index (χ1n) is 4.84. The lowest BCUT2D eigenvalue weighted by Crippen LogP contribution is -2.49. The van der Waals surface area contributed by atoms with Gasteiger partial charge < -0.3 is 21.1 Å². The average molecular weight is 245 g/mol. The number of carbonyl (C=O) groups is 4. The van der Waals surface area contributed by atoms with E-state index in [1.807, 2.05) is 0 Å². The summed E-state index contributed by atoms with van der Waals surface area (Å²) in [5.41, 5.74) is 0. The number of carbonyl (C=O) groups excluding carboxylic acids is 3. The van der Waals surface area contributed by atoms with Crippen molar-refractivity contribution in [3.8, 4) is 0 Å². The van der Waals surface area contributed by atoms with E-state index in [0.717, 1.165) is 0 Å². The van der Waals surface area contributed by atoms with Gasteiger partial charge >= 0.3 is 5.97 Å². The highest BCUT2D eigenvalue weighted by atomic mass is 16.4. The Labute approximate surface area is 97.7 Å². The monoisotopic (exact) mass is 245 g/mol. The van der Waals surface area contributed by atoms with Crippen LogP contribution in [0.4, 0.5) is 0 Å². The highest BCUT2D eigenvalue weighted by molar-refractivity contribution is 5.92. The molecule has 0 spiro atoms. The number of hydrogen-bond acceptors (Lipinski definition) is 4. The average Bonchev–Trinajstić information content (AvgIpc) is 2.23. The maximum Gasteiger partial charge on any atom is 0.305 e. The van der Waals surface area contributed by atoms with Crippen LogP contribution in [-0.2, 0) is 19.2 Å². The summed E-state index contributed by atoms with van der Waals surface area (Å²) in [5, 5.41) is 15.2. The molecule has 96 valence electrons. The molecule has 0 saturated carbocycles. The zero-order chi connectivity index (χ0) is 13.4. The third kappa shape index (κ3) is 6.88. The molecule has 0 rings (SSSR count). The molecule has 0 bridgehead atoms. The molecule has 0 heterocycles. The number of likely N-dealkylation sites (N-methyl/N-ethyl adjacent to an activating group) is 1. The molecule has 8 heteroatoms. The van der Waals surface area contributed by atoms with Gasteiger partial charge in [-0.05, 0) is 0 Å². The molecule has 0 aromatic rings. The first kappa shape index (κ1) is 14.9. The van der Waals surface area contributed by atoms with Crippen LogP contribution in [-0.4, -0.2) is 48.4 Å². The van der Waals surface area contributed by atoms with Gasteiger partial charge in [-0.3, -0.25) is 19.2 Å². The number of rotatable bonds is 6. The van der Waals surface area contributed by atoms with Gasteiger partial charge in [0.25, 0.3) is 0 Å². The highest BCUT2D eigenvalue weighted by Gasteiger charge is 2.22. The number of amides is 3. The maximum atomic E-state index is 11.5. The minimum absolute atomic E-state index is 0.273. The summed E-state index contributed by atoms with van der Waals surface area (Å²) in [7, 11) is 1.40. The van der Waals surface area contributed by atoms with Gasteiger partial charge in [0, 0.05) is 14.0 Å². The van der Waals surface area contributed by atoms with Gasteiger partial charge in [-0.25, -0.2) is 0 Å². The van der Waals surface area contributed by atoms with Crippen molar-refractivity contribution in [2.45, 2.75) is 19.4 Å². The Hall–Kier alpha value is -2.12. The third-order valence-corrected chi connectivity index (χ3v) is 1.77. The quantitative estimate of drug-likeness (QED) is 0.424. The van der Waals surface area contributed by atoms with Gasteiger partial charge in [-0.15, -0.1) is 0 Å². The van der Waals surface area contributed by atoms with Crippen molar-refractivity contribution >= 4 is 23.7 Å². The van der Waals surface area contributed by atoms with E-state index >= 15 is 0 Å². The largest absolute Gasteiger partial charge is 0.481 e. The molecule has 8 nitrogen and oxygen atoms in total. The summed E-state index contributed by atoms with van der Waals surface area (Å²) < 4.78 is 0. The molecule has 0 saturated heterocycles. The molecule has 4 N–H and O–H groups in total. The van der Waals surface area contributed by atoms with Crippen molar-refractivity contribution in [2.24, 2.45) is 0 Å². The first-order chi connectivity index (χ1) is 7.86. The SMILES string of the molecule is CNC(=O)CNC(=O)[C@H](CC(=O)O)NC(C)=O. The fourth-order valence-electron chi connectivity index (χ4n) is 1.01. The standard InChI is InChI=1S/C9H15N3O5/c1-5(13)12-6(3-8(15)16)9(17)11-4-7(14)10-2/h6H,3-4H2,1-2H3,(H,10,14)(H,11,17)(H,12,13)(H,15,16)/t6-/m0/s1. The van der Waals surface area contributed by atoms with E-state index < -0.39 is 36.2 Å². The lowest BCUT2D eigenvalue weighted by Gasteiger charge is -2.15. The summed E-state index contributed by atoms with van der Waals surface area (Å²) in [6, 6.07) is -1.19. The molecule has 17 heavy (non-hydrogen) atoms. The molecule has 0 radical (unpaired) electrons. The molecule has 1 atom stereocenters. The molecule has 0 fully saturated rings. The van der Waals surface area contributed by atoms with Crippen molar-refractivity contribution in [2.75, 3.05) is 13.6 Å². The van der Waals surface area contributed by atoms with E-state index in [2.05, 4.69) is 16.0 Å². The predicted octanol–water partition coefficient (Wildman–Crippen LogP) is -2.17. The summed E-state index contributed by atoms with van der Waals surface area (Å²) in [4.78, 5) is 43.6. The van der Waals surface area contributed by atoms with Crippen LogP contribution in [0.5, 0.6) is 0 Å². The Morgan fingerprint density at radius 3 is 2.24 bits per heavy atom. The fraction of sp³-hybridized carbons (Fsp3) is 0.556. The zero-order valence-corrected chi connectivity index (χ0v) is 9.57. The number of carboxylic acid groups (broad SMARTS) is 1. The van der Waals surface area contributed by atoms with E-state index in [1.54, 1.807) is 0 Å². The number of nitrogens with one attached hydrogen (secondary N) is 3. The minimum atomic E-state index is -1.22. The summed E-state index contributed by atoms with van der Waals surface area (Å²) >= 11 is 0. The number of carboxylic acids is 1. The van der Waals surface area contributed by atoms with Crippen LogP contribution >= 0.6 is 0 Å². The Morgan fingerprint density at radius 1 is 1.24 bits per heavy atom. The van der Waals surface area contributed by atoms with Crippen molar-refractivity contribution in [3.05, 3.63) is 0 Å². The molecule has 0 unspecified atom stereocenters. The third-order valence-electron chi connectivity index (χ3n) is 1.77. The summed E-state index contributed by atoms with van der Waals surface area (Å²) in [5.74, 6) is -2.88. The first-order valence-corrected chi connectivity index (χ1v) is 4.84. The molecule has 0 aromatic carbocycles. The predicted molar refractivity (Wildman–Crippen MR) is 56.9 cm³/mol. The Bertz CT molecular complexity index is 313.